The first-order valence-electron chi connectivity index (χ1n) is 12.4. The molecule has 3 heterocycles. The van der Waals surface area contributed by atoms with Crippen molar-refractivity contribution in [2.24, 2.45) is 5.92 Å². The molecule has 2 unspecified atom stereocenters. The highest BCUT2D eigenvalue weighted by Gasteiger charge is 2.36. The van der Waals surface area contributed by atoms with Crippen molar-refractivity contribution in [3.05, 3.63) is 100 Å². The van der Waals surface area contributed by atoms with Crippen molar-refractivity contribution in [1.29, 1.82) is 0 Å². The summed E-state index contributed by atoms with van der Waals surface area (Å²) in [6.07, 6.45) is 1.65. The van der Waals surface area contributed by atoms with E-state index < -0.39 is 18.1 Å². The zero-order chi connectivity index (χ0) is 25.8. The van der Waals surface area contributed by atoms with Gasteiger partial charge in [-0.05, 0) is 72.8 Å². The first kappa shape index (κ1) is 25.1. The summed E-state index contributed by atoms with van der Waals surface area (Å²) in [7, 11) is 0. The van der Waals surface area contributed by atoms with Crippen LogP contribution in [0.25, 0.3) is 0 Å². The number of carbonyl (C=O) groups is 2. The quantitative estimate of drug-likeness (QED) is 0.406. The number of fused-ring (bicyclic) bond motifs is 3. The normalized spacial score (nSPS) is 21.2. The van der Waals surface area contributed by atoms with E-state index in [1.54, 1.807) is 12.1 Å². The van der Waals surface area contributed by atoms with Gasteiger partial charge in [0.1, 0.15) is 18.5 Å². The topological polar surface area (TPSA) is 88.1 Å². The number of nitrogens with zero attached hydrogens (tertiary/aromatic N) is 1. The fourth-order valence-electron chi connectivity index (χ4n) is 5.11. The first-order valence-corrected chi connectivity index (χ1v) is 12.8. The average molecular weight is 521 g/mol. The standard InChI is InChI=1S/C29H29ClN2O5/c30-25-15-19(9-10-24(25)28(33)34)18-36-23-8-4-7-22(16-23)27(21-5-2-1-3-6-21)31-29(35)37-26-17-32-13-11-20(26)12-14-32/h1-10,15-16,20,26-27H,11-14,17-18H2,(H,31,35)(H,33,34). The summed E-state index contributed by atoms with van der Waals surface area (Å²) in [5.41, 5.74) is 2.59. The average Bonchev–Trinajstić information content (AvgIpc) is 2.92. The number of alkyl carbamates (subject to hydrolysis) is 1. The van der Waals surface area contributed by atoms with E-state index in [2.05, 4.69) is 10.2 Å². The van der Waals surface area contributed by atoms with E-state index in [1.807, 2.05) is 54.6 Å². The number of hydrogen-bond donors (Lipinski definition) is 2. The van der Waals surface area contributed by atoms with Gasteiger partial charge in [-0.25, -0.2) is 9.59 Å². The van der Waals surface area contributed by atoms with Crippen molar-refractivity contribution >= 4 is 23.7 Å². The van der Waals surface area contributed by atoms with Crippen molar-refractivity contribution in [2.45, 2.75) is 31.6 Å². The van der Waals surface area contributed by atoms with Crippen molar-refractivity contribution < 1.29 is 24.2 Å². The van der Waals surface area contributed by atoms with Crippen LogP contribution in [0.5, 0.6) is 5.75 Å². The van der Waals surface area contributed by atoms with Crippen LogP contribution >= 0.6 is 11.6 Å². The molecule has 3 fully saturated rings. The molecule has 0 saturated carbocycles. The maximum absolute atomic E-state index is 13.0. The largest absolute Gasteiger partial charge is 0.489 e. The molecule has 8 heteroatoms. The number of aromatic carboxylic acids is 1. The molecule has 3 saturated heterocycles. The summed E-state index contributed by atoms with van der Waals surface area (Å²) in [5, 5.41) is 12.4. The van der Waals surface area contributed by atoms with Gasteiger partial charge in [0.05, 0.1) is 16.6 Å². The lowest BCUT2D eigenvalue weighted by molar-refractivity contribution is -0.0336. The zero-order valence-corrected chi connectivity index (χ0v) is 21.1. The van der Waals surface area contributed by atoms with Crippen LogP contribution < -0.4 is 10.1 Å². The van der Waals surface area contributed by atoms with Gasteiger partial charge in [-0.2, -0.15) is 0 Å². The van der Waals surface area contributed by atoms with Crippen LogP contribution in [0.3, 0.4) is 0 Å². The maximum Gasteiger partial charge on any atom is 0.408 e. The summed E-state index contributed by atoms with van der Waals surface area (Å²) in [4.78, 5) is 26.6. The molecule has 2 bridgehead atoms. The third-order valence-electron chi connectivity index (χ3n) is 7.11. The highest BCUT2D eigenvalue weighted by atomic mass is 35.5. The van der Waals surface area contributed by atoms with Gasteiger partial charge in [-0.1, -0.05) is 60.1 Å². The van der Waals surface area contributed by atoms with E-state index in [1.165, 1.54) is 6.07 Å². The summed E-state index contributed by atoms with van der Waals surface area (Å²) in [5.74, 6) is -0.0261. The van der Waals surface area contributed by atoms with E-state index >= 15 is 0 Å². The fraction of sp³-hybridized carbons (Fsp3) is 0.310. The Balaban J connectivity index is 1.30. The summed E-state index contributed by atoms with van der Waals surface area (Å²) in [6.45, 7) is 3.19. The molecule has 0 radical (unpaired) electrons. The second-order valence-corrected chi connectivity index (χ2v) is 9.96. The SMILES string of the molecule is O=C(NC(c1ccccc1)c1cccc(OCc2ccc(C(=O)O)c(Cl)c2)c1)OC1CN2CCC1CC2. The molecule has 37 heavy (non-hydrogen) atoms. The van der Waals surface area contributed by atoms with Crippen LogP contribution in [0.4, 0.5) is 4.79 Å². The Bertz CT molecular complexity index is 1260. The summed E-state index contributed by atoms with van der Waals surface area (Å²) >= 11 is 6.09. The van der Waals surface area contributed by atoms with Crippen molar-refractivity contribution in [2.75, 3.05) is 19.6 Å². The molecule has 6 rings (SSSR count). The number of halogens is 1. The molecular weight excluding hydrogens is 492 g/mol. The number of benzene rings is 3. The molecule has 7 nitrogen and oxygen atoms in total. The number of hydrogen-bond acceptors (Lipinski definition) is 5. The third kappa shape index (κ3) is 6.06. The molecule has 0 aromatic heterocycles. The highest BCUT2D eigenvalue weighted by Crippen LogP contribution is 2.31. The van der Waals surface area contributed by atoms with Crippen molar-refractivity contribution in [3.8, 4) is 5.75 Å². The minimum absolute atomic E-state index is 0.0503. The van der Waals surface area contributed by atoms with Gasteiger partial charge < -0.3 is 19.9 Å². The van der Waals surface area contributed by atoms with Crippen LogP contribution in [0, 0.1) is 5.92 Å². The van der Waals surface area contributed by atoms with Gasteiger partial charge in [0.15, 0.2) is 0 Å². The first-order chi connectivity index (χ1) is 18.0. The maximum atomic E-state index is 13.0. The van der Waals surface area contributed by atoms with E-state index in [9.17, 15) is 9.59 Å². The van der Waals surface area contributed by atoms with E-state index in [-0.39, 0.29) is 23.3 Å². The Hall–Kier alpha value is -3.55. The molecule has 3 aliphatic rings. The van der Waals surface area contributed by atoms with Gasteiger partial charge in [0.2, 0.25) is 0 Å². The zero-order valence-electron chi connectivity index (χ0n) is 20.3. The number of ether oxygens (including phenoxy) is 2. The number of rotatable bonds is 8. The smallest absolute Gasteiger partial charge is 0.408 e. The van der Waals surface area contributed by atoms with E-state index in [0.29, 0.717) is 11.7 Å². The molecule has 2 N–H and O–H groups in total. The van der Waals surface area contributed by atoms with Gasteiger partial charge in [-0.15, -0.1) is 0 Å². The van der Waals surface area contributed by atoms with Crippen molar-refractivity contribution in [3.63, 3.8) is 0 Å². The van der Waals surface area contributed by atoms with E-state index in [0.717, 1.165) is 49.2 Å². The van der Waals surface area contributed by atoms with E-state index in [4.69, 9.17) is 26.2 Å². The number of carbonyl (C=O) groups excluding carboxylic acids is 1. The van der Waals surface area contributed by atoms with Crippen LogP contribution in [0.15, 0.2) is 72.8 Å². The molecule has 0 spiro atoms. The van der Waals surface area contributed by atoms with Gasteiger partial charge in [0, 0.05) is 6.54 Å². The number of amides is 1. The van der Waals surface area contributed by atoms with Gasteiger partial charge in [-0.3, -0.25) is 4.90 Å². The number of nitrogens with one attached hydrogen (secondary N) is 1. The second-order valence-electron chi connectivity index (χ2n) is 9.55. The Morgan fingerprint density at radius 3 is 2.43 bits per heavy atom. The van der Waals surface area contributed by atoms with Crippen LogP contribution in [-0.2, 0) is 11.3 Å². The molecule has 192 valence electrons. The minimum Gasteiger partial charge on any atom is -0.489 e. The third-order valence-corrected chi connectivity index (χ3v) is 7.42. The summed E-state index contributed by atoms with van der Waals surface area (Å²) < 4.78 is 11.9. The van der Waals surface area contributed by atoms with Gasteiger partial charge in [0.25, 0.3) is 0 Å². The number of carboxylic acid groups (broad SMARTS) is 1. The van der Waals surface area contributed by atoms with Crippen molar-refractivity contribution in [1.82, 2.24) is 10.2 Å². The molecule has 0 aliphatic carbocycles. The predicted molar refractivity (Wildman–Crippen MR) is 140 cm³/mol. The molecule has 3 aromatic carbocycles. The Morgan fingerprint density at radius 2 is 1.76 bits per heavy atom. The molecule has 3 aromatic rings. The highest BCUT2D eigenvalue weighted by molar-refractivity contribution is 6.33. The number of carboxylic acids is 1. The molecular formula is C29H29ClN2O5. The lowest BCUT2D eigenvalue weighted by atomic mass is 9.86. The van der Waals surface area contributed by atoms with Gasteiger partial charge >= 0.3 is 12.1 Å². The minimum atomic E-state index is -1.07. The number of piperidine rings is 3. The lowest BCUT2D eigenvalue weighted by Crippen LogP contribution is -2.52. The lowest BCUT2D eigenvalue weighted by Gasteiger charge is -2.43. The fourth-order valence-corrected chi connectivity index (χ4v) is 5.39. The second kappa shape index (κ2) is 11.2. The monoisotopic (exact) mass is 520 g/mol. The van der Waals surface area contributed by atoms with Crippen LogP contribution in [0.1, 0.15) is 45.9 Å². The molecule has 3 aliphatic heterocycles. The Morgan fingerprint density at radius 1 is 1.00 bits per heavy atom. The molecule has 2 atom stereocenters. The summed E-state index contributed by atoms with van der Waals surface area (Å²) in [6, 6.07) is 21.6. The van der Waals surface area contributed by atoms with Crippen LogP contribution in [0.2, 0.25) is 5.02 Å². The molecule has 1 amide bonds. The van der Waals surface area contributed by atoms with Crippen LogP contribution in [-0.4, -0.2) is 47.8 Å². The Labute approximate surface area is 221 Å². The Kier molecular flexibility index (Phi) is 7.63. The predicted octanol–water partition coefficient (Wildman–Crippen LogP) is 5.53.